The summed E-state index contributed by atoms with van der Waals surface area (Å²) in [6.45, 7) is 2.20. The molecule has 0 saturated carbocycles. The van der Waals surface area contributed by atoms with E-state index in [1.807, 2.05) is 7.05 Å². The zero-order valence-corrected chi connectivity index (χ0v) is 11.3. The predicted octanol–water partition coefficient (Wildman–Crippen LogP) is 1.21. The van der Waals surface area contributed by atoms with Crippen molar-refractivity contribution in [3.8, 4) is 0 Å². The second-order valence-electron chi connectivity index (χ2n) is 5.61. The maximum Gasteiger partial charge on any atom is 0.227 e. The number of nitrogens with zero attached hydrogens (tertiary/aromatic N) is 1. The molecule has 1 fully saturated rings. The highest BCUT2D eigenvalue weighted by Crippen LogP contribution is 2.38. The van der Waals surface area contributed by atoms with Crippen molar-refractivity contribution in [2.24, 2.45) is 5.73 Å². The van der Waals surface area contributed by atoms with Crippen molar-refractivity contribution in [3.63, 3.8) is 0 Å². The van der Waals surface area contributed by atoms with Gasteiger partial charge in [-0.1, -0.05) is 12.1 Å². The smallest absolute Gasteiger partial charge is 0.227 e. The molecule has 0 radical (unpaired) electrons. The molecule has 1 aromatic carbocycles. The van der Waals surface area contributed by atoms with Crippen LogP contribution < -0.4 is 10.6 Å². The molecule has 4 nitrogen and oxygen atoms in total. The zero-order chi connectivity index (χ0) is 13.5. The third-order valence-electron chi connectivity index (χ3n) is 4.42. The van der Waals surface area contributed by atoms with Crippen LogP contribution in [0.1, 0.15) is 24.0 Å². The molecule has 2 aliphatic heterocycles. The lowest BCUT2D eigenvalue weighted by Gasteiger charge is -2.42. The second-order valence-corrected chi connectivity index (χ2v) is 5.61. The monoisotopic (exact) mass is 260 g/mol. The maximum atomic E-state index is 11.7. The molecule has 4 heteroatoms. The average Bonchev–Trinajstić information content (AvgIpc) is 2.38. The first-order chi connectivity index (χ1) is 9.16. The molecule has 1 saturated heterocycles. The number of ether oxygens (including phenoxy) is 1. The van der Waals surface area contributed by atoms with E-state index in [1.54, 1.807) is 4.90 Å². The quantitative estimate of drug-likeness (QED) is 0.889. The highest BCUT2D eigenvalue weighted by Gasteiger charge is 2.40. The maximum absolute atomic E-state index is 11.7. The van der Waals surface area contributed by atoms with Gasteiger partial charge in [0.15, 0.2) is 0 Å². The standard InChI is InChI=1S/C15H20N2O2/c1-17-13-4-3-12(8-11(13)2-5-14(17)18)15(6-7-16)9-19-10-15/h3-4,8H,2,5-7,9-10,16H2,1H3. The number of carbonyl (C=O) groups is 1. The molecule has 0 aliphatic carbocycles. The molecule has 0 atom stereocenters. The summed E-state index contributed by atoms with van der Waals surface area (Å²) < 4.78 is 5.41. The molecular formula is C15H20N2O2. The Morgan fingerprint density at radius 3 is 2.79 bits per heavy atom. The van der Waals surface area contributed by atoms with E-state index < -0.39 is 0 Å². The van der Waals surface area contributed by atoms with Gasteiger partial charge in [-0.05, 0) is 36.6 Å². The number of hydrogen-bond donors (Lipinski definition) is 1. The molecule has 0 unspecified atom stereocenters. The number of anilines is 1. The number of rotatable bonds is 3. The summed E-state index contributed by atoms with van der Waals surface area (Å²) in [4.78, 5) is 13.5. The van der Waals surface area contributed by atoms with Crippen LogP contribution in [-0.4, -0.2) is 32.7 Å². The third-order valence-corrected chi connectivity index (χ3v) is 4.42. The Bertz CT molecular complexity index is 509. The van der Waals surface area contributed by atoms with E-state index in [1.165, 1.54) is 11.1 Å². The van der Waals surface area contributed by atoms with E-state index in [0.717, 1.165) is 31.7 Å². The first kappa shape index (κ1) is 12.6. The number of aryl methyl sites for hydroxylation is 1. The van der Waals surface area contributed by atoms with Gasteiger partial charge >= 0.3 is 0 Å². The van der Waals surface area contributed by atoms with Crippen LogP contribution in [0.2, 0.25) is 0 Å². The summed E-state index contributed by atoms with van der Waals surface area (Å²) in [7, 11) is 1.85. The van der Waals surface area contributed by atoms with Gasteiger partial charge in [0.05, 0.1) is 13.2 Å². The Balaban J connectivity index is 1.95. The van der Waals surface area contributed by atoms with E-state index in [4.69, 9.17) is 10.5 Å². The molecule has 1 aromatic rings. The van der Waals surface area contributed by atoms with Crippen molar-refractivity contribution < 1.29 is 9.53 Å². The molecule has 0 spiro atoms. The van der Waals surface area contributed by atoms with Crippen molar-refractivity contribution in [2.45, 2.75) is 24.7 Å². The van der Waals surface area contributed by atoms with Crippen molar-refractivity contribution in [1.82, 2.24) is 0 Å². The zero-order valence-electron chi connectivity index (χ0n) is 11.3. The van der Waals surface area contributed by atoms with Gasteiger partial charge in [0.1, 0.15) is 0 Å². The van der Waals surface area contributed by atoms with Crippen molar-refractivity contribution in [2.75, 3.05) is 31.7 Å². The predicted molar refractivity (Wildman–Crippen MR) is 74.3 cm³/mol. The molecule has 2 N–H and O–H groups in total. The summed E-state index contributed by atoms with van der Waals surface area (Å²) in [5, 5.41) is 0. The minimum Gasteiger partial charge on any atom is -0.379 e. The summed E-state index contributed by atoms with van der Waals surface area (Å²) in [6.07, 6.45) is 2.40. The fourth-order valence-corrected chi connectivity index (χ4v) is 3.07. The SMILES string of the molecule is CN1C(=O)CCc2cc(C3(CCN)COC3)ccc21. The molecule has 2 heterocycles. The Morgan fingerprint density at radius 1 is 1.37 bits per heavy atom. The van der Waals surface area contributed by atoms with E-state index in [2.05, 4.69) is 18.2 Å². The van der Waals surface area contributed by atoms with Gasteiger partial charge in [0.2, 0.25) is 5.91 Å². The average molecular weight is 260 g/mol. The van der Waals surface area contributed by atoms with Crippen LogP contribution in [0, 0.1) is 0 Å². The van der Waals surface area contributed by atoms with E-state index in [-0.39, 0.29) is 11.3 Å². The highest BCUT2D eigenvalue weighted by molar-refractivity contribution is 5.95. The van der Waals surface area contributed by atoms with Crippen LogP contribution in [-0.2, 0) is 21.4 Å². The van der Waals surface area contributed by atoms with E-state index in [0.29, 0.717) is 13.0 Å². The Kier molecular flexibility index (Phi) is 3.07. The Labute approximate surface area is 113 Å². The van der Waals surface area contributed by atoms with Gasteiger partial charge in [-0.2, -0.15) is 0 Å². The van der Waals surface area contributed by atoms with Gasteiger partial charge in [0, 0.05) is 24.6 Å². The third kappa shape index (κ3) is 1.95. The Hall–Kier alpha value is -1.39. The summed E-state index contributed by atoms with van der Waals surface area (Å²) >= 11 is 0. The number of amides is 1. The van der Waals surface area contributed by atoms with Crippen molar-refractivity contribution in [3.05, 3.63) is 29.3 Å². The fraction of sp³-hybridized carbons (Fsp3) is 0.533. The summed E-state index contributed by atoms with van der Waals surface area (Å²) in [6, 6.07) is 6.45. The normalized spacial score (nSPS) is 20.9. The first-order valence-corrected chi connectivity index (χ1v) is 6.84. The minimum atomic E-state index is 0.101. The van der Waals surface area contributed by atoms with Crippen LogP contribution in [0.25, 0.3) is 0 Å². The van der Waals surface area contributed by atoms with Crippen molar-refractivity contribution in [1.29, 1.82) is 0 Å². The van der Waals surface area contributed by atoms with Crippen LogP contribution in [0.3, 0.4) is 0 Å². The number of carbonyl (C=O) groups excluding carboxylic acids is 1. The second kappa shape index (κ2) is 4.62. The largest absolute Gasteiger partial charge is 0.379 e. The summed E-state index contributed by atoms with van der Waals surface area (Å²) in [5.41, 5.74) is 9.45. The minimum absolute atomic E-state index is 0.101. The van der Waals surface area contributed by atoms with Crippen LogP contribution >= 0.6 is 0 Å². The molecule has 0 bridgehead atoms. The van der Waals surface area contributed by atoms with E-state index in [9.17, 15) is 4.79 Å². The molecular weight excluding hydrogens is 240 g/mol. The highest BCUT2D eigenvalue weighted by atomic mass is 16.5. The van der Waals surface area contributed by atoms with Crippen LogP contribution in [0.15, 0.2) is 18.2 Å². The lowest BCUT2D eigenvalue weighted by atomic mass is 9.75. The van der Waals surface area contributed by atoms with Gasteiger partial charge in [0.25, 0.3) is 0 Å². The lowest BCUT2D eigenvalue weighted by Crippen LogP contribution is -2.48. The van der Waals surface area contributed by atoms with Crippen LogP contribution in [0.4, 0.5) is 5.69 Å². The molecule has 19 heavy (non-hydrogen) atoms. The number of benzene rings is 1. The van der Waals surface area contributed by atoms with Gasteiger partial charge in [-0.3, -0.25) is 4.79 Å². The van der Waals surface area contributed by atoms with E-state index >= 15 is 0 Å². The van der Waals surface area contributed by atoms with Gasteiger partial charge in [-0.25, -0.2) is 0 Å². The summed E-state index contributed by atoms with van der Waals surface area (Å²) in [5.74, 6) is 0.198. The number of nitrogens with two attached hydrogens (primary N) is 1. The number of hydrogen-bond acceptors (Lipinski definition) is 3. The van der Waals surface area contributed by atoms with Crippen molar-refractivity contribution >= 4 is 11.6 Å². The topological polar surface area (TPSA) is 55.6 Å². The van der Waals surface area contributed by atoms with Crippen LogP contribution in [0.5, 0.6) is 0 Å². The number of fused-ring (bicyclic) bond motifs is 1. The molecule has 102 valence electrons. The van der Waals surface area contributed by atoms with Gasteiger partial charge < -0.3 is 15.4 Å². The molecule has 2 aliphatic rings. The molecule has 0 aromatic heterocycles. The fourth-order valence-electron chi connectivity index (χ4n) is 3.07. The van der Waals surface area contributed by atoms with Gasteiger partial charge in [-0.15, -0.1) is 0 Å². The molecule has 1 amide bonds. The first-order valence-electron chi connectivity index (χ1n) is 6.84. The Morgan fingerprint density at radius 2 is 2.16 bits per heavy atom. The lowest BCUT2D eigenvalue weighted by molar-refractivity contribution is -0.118. The molecule has 3 rings (SSSR count).